The lowest BCUT2D eigenvalue weighted by Crippen LogP contribution is -2.08. The molecule has 4 nitrogen and oxygen atoms in total. The number of alkyl halides is 3. The molecule has 0 aliphatic rings. The van der Waals surface area contributed by atoms with Crippen molar-refractivity contribution in [3.05, 3.63) is 35.2 Å². The Morgan fingerprint density at radius 1 is 1.29 bits per heavy atom. The van der Waals surface area contributed by atoms with Gasteiger partial charge in [-0.25, -0.2) is 9.67 Å². The van der Waals surface area contributed by atoms with Crippen LogP contribution in [0.15, 0.2) is 24.5 Å². The lowest BCUT2D eigenvalue weighted by atomic mass is 10.3. The van der Waals surface area contributed by atoms with E-state index in [0.29, 0.717) is 5.69 Å². The van der Waals surface area contributed by atoms with Crippen molar-refractivity contribution in [2.24, 2.45) is 0 Å². The highest BCUT2D eigenvalue weighted by Gasteiger charge is 2.32. The van der Waals surface area contributed by atoms with Crippen LogP contribution in [0, 0.1) is 0 Å². The predicted molar refractivity (Wildman–Crippen MR) is 55.8 cm³/mol. The molecule has 0 radical (unpaired) electrons. The van der Waals surface area contributed by atoms with Crippen molar-refractivity contribution >= 4 is 17.4 Å². The number of rotatable bonds is 1. The minimum Gasteiger partial charge on any atom is -0.381 e. The number of anilines is 1. The smallest absolute Gasteiger partial charge is 0.381 e. The van der Waals surface area contributed by atoms with E-state index in [1.54, 1.807) is 0 Å². The molecule has 0 aliphatic carbocycles. The maximum atomic E-state index is 12.3. The van der Waals surface area contributed by atoms with Gasteiger partial charge in [-0.15, -0.1) is 5.10 Å². The molecule has 17 heavy (non-hydrogen) atoms. The number of hydrogen-bond acceptors (Lipinski definition) is 3. The summed E-state index contributed by atoms with van der Waals surface area (Å²) in [5.41, 5.74) is 4.79. The number of pyridine rings is 1. The Kier molecular flexibility index (Phi) is 2.70. The van der Waals surface area contributed by atoms with Crippen molar-refractivity contribution in [2.75, 3.05) is 5.73 Å². The van der Waals surface area contributed by atoms with Crippen molar-refractivity contribution in [2.45, 2.75) is 6.18 Å². The monoisotopic (exact) mass is 262 g/mol. The van der Waals surface area contributed by atoms with Gasteiger partial charge in [0.15, 0.2) is 5.82 Å². The number of hydrogen-bond donors (Lipinski definition) is 1. The lowest BCUT2D eigenvalue weighted by molar-refractivity contribution is -0.141. The summed E-state index contributed by atoms with van der Waals surface area (Å²) in [4.78, 5) is 3.30. The summed E-state index contributed by atoms with van der Waals surface area (Å²) < 4.78 is 38.0. The third-order valence-electron chi connectivity index (χ3n) is 2.00. The SMILES string of the molecule is Nc1nn(-c2ccc(C(F)(F)F)nc2)cc1Cl. The number of nitrogens with two attached hydrogens (primary N) is 1. The summed E-state index contributed by atoms with van der Waals surface area (Å²) in [6.07, 6.45) is -2.02. The van der Waals surface area contributed by atoms with Gasteiger partial charge in [0.25, 0.3) is 0 Å². The fourth-order valence-corrected chi connectivity index (χ4v) is 1.32. The van der Waals surface area contributed by atoms with Gasteiger partial charge in [-0.05, 0) is 12.1 Å². The molecule has 2 aromatic rings. The van der Waals surface area contributed by atoms with Gasteiger partial charge in [-0.1, -0.05) is 11.6 Å². The Bertz CT molecular complexity index is 513. The number of nitrogens with zero attached hydrogens (tertiary/aromatic N) is 3. The van der Waals surface area contributed by atoms with E-state index in [0.717, 1.165) is 12.3 Å². The average Bonchev–Trinajstić information content (AvgIpc) is 2.58. The van der Waals surface area contributed by atoms with Gasteiger partial charge in [-0.3, -0.25) is 0 Å². The van der Waals surface area contributed by atoms with Gasteiger partial charge in [0, 0.05) is 0 Å². The van der Waals surface area contributed by atoms with Gasteiger partial charge in [0.1, 0.15) is 10.7 Å². The van der Waals surface area contributed by atoms with Crippen LogP contribution in [-0.4, -0.2) is 14.8 Å². The molecule has 8 heteroatoms. The highest BCUT2D eigenvalue weighted by atomic mass is 35.5. The van der Waals surface area contributed by atoms with E-state index in [2.05, 4.69) is 10.1 Å². The van der Waals surface area contributed by atoms with Crippen LogP contribution in [0.1, 0.15) is 5.69 Å². The van der Waals surface area contributed by atoms with Crippen molar-refractivity contribution < 1.29 is 13.2 Å². The van der Waals surface area contributed by atoms with E-state index in [1.165, 1.54) is 16.9 Å². The van der Waals surface area contributed by atoms with Crippen LogP contribution in [0.3, 0.4) is 0 Å². The van der Waals surface area contributed by atoms with Gasteiger partial charge in [-0.2, -0.15) is 13.2 Å². The summed E-state index contributed by atoms with van der Waals surface area (Å²) in [5.74, 6) is 0.103. The van der Waals surface area contributed by atoms with Crippen molar-refractivity contribution in [3.63, 3.8) is 0 Å². The molecule has 2 aromatic heterocycles. The molecule has 0 spiro atoms. The van der Waals surface area contributed by atoms with Gasteiger partial charge < -0.3 is 5.73 Å². The van der Waals surface area contributed by atoms with Crippen LogP contribution in [-0.2, 0) is 6.18 Å². The Balaban J connectivity index is 2.36. The maximum Gasteiger partial charge on any atom is 0.433 e. The molecule has 0 aliphatic heterocycles. The van der Waals surface area contributed by atoms with E-state index in [4.69, 9.17) is 17.3 Å². The van der Waals surface area contributed by atoms with Crippen LogP contribution in [0.25, 0.3) is 5.69 Å². The molecule has 0 amide bonds. The largest absolute Gasteiger partial charge is 0.433 e. The Morgan fingerprint density at radius 2 is 2.00 bits per heavy atom. The van der Waals surface area contributed by atoms with Crippen LogP contribution < -0.4 is 5.73 Å². The van der Waals surface area contributed by atoms with Crippen molar-refractivity contribution in [3.8, 4) is 5.69 Å². The normalized spacial score (nSPS) is 11.8. The highest BCUT2D eigenvalue weighted by Crippen LogP contribution is 2.27. The average molecular weight is 263 g/mol. The molecule has 0 saturated heterocycles. The van der Waals surface area contributed by atoms with Crippen LogP contribution in [0.5, 0.6) is 0 Å². The first-order valence-electron chi connectivity index (χ1n) is 4.42. The summed E-state index contributed by atoms with van der Waals surface area (Å²) in [5, 5.41) is 4.04. The Morgan fingerprint density at radius 3 is 2.41 bits per heavy atom. The first-order valence-corrected chi connectivity index (χ1v) is 4.80. The second kappa shape index (κ2) is 3.92. The molecule has 0 aromatic carbocycles. The van der Waals surface area contributed by atoms with Crippen LogP contribution in [0.2, 0.25) is 5.02 Å². The number of halogens is 4. The van der Waals surface area contributed by atoms with E-state index in [1.807, 2.05) is 0 Å². The fraction of sp³-hybridized carbons (Fsp3) is 0.111. The zero-order chi connectivity index (χ0) is 12.6. The zero-order valence-corrected chi connectivity index (χ0v) is 9.00. The summed E-state index contributed by atoms with van der Waals surface area (Å²) in [7, 11) is 0. The molecular formula is C9H6ClF3N4. The molecule has 2 rings (SSSR count). The standard InChI is InChI=1S/C9H6ClF3N4/c10-6-4-17(16-8(6)14)5-1-2-7(15-3-5)9(11,12)13/h1-4H,(H2,14,16). The third-order valence-corrected chi connectivity index (χ3v) is 2.29. The molecule has 0 unspecified atom stereocenters. The predicted octanol–water partition coefficient (Wildman–Crippen LogP) is 2.52. The van der Waals surface area contributed by atoms with Crippen LogP contribution in [0.4, 0.5) is 19.0 Å². The molecule has 2 N–H and O–H groups in total. The highest BCUT2D eigenvalue weighted by molar-refractivity contribution is 6.32. The van der Waals surface area contributed by atoms with Gasteiger partial charge in [0.05, 0.1) is 18.1 Å². The first-order chi connectivity index (χ1) is 7.88. The molecule has 90 valence electrons. The second-order valence-electron chi connectivity index (χ2n) is 3.21. The van der Waals surface area contributed by atoms with E-state index < -0.39 is 11.9 Å². The lowest BCUT2D eigenvalue weighted by Gasteiger charge is -2.06. The minimum atomic E-state index is -4.46. The fourth-order valence-electron chi connectivity index (χ4n) is 1.19. The maximum absolute atomic E-state index is 12.3. The molecule has 2 heterocycles. The third kappa shape index (κ3) is 2.33. The van der Waals surface area contributed by atoms with E-state index in [-0.39, 0.29) is 10.8 Å². The first kappa shape index (κ1) is 11.7. The van der Waals surface area contributed by atoms with Crippen molar-refractivity contribution in [1.29, 1.82) is 0 Å². The van der Waals surface area contributed by atoms with E-state index >= 15 is 0 Å². The summed E-state index contributed by atoms with van der Waals surface area (Å²) in [6, 6.07) is 2.10. The molecule has 0 bridgehead atoms. The molecule has 0 atom stereocenters. The van der Waals surface area contributed by atoms with Gasteiger partial charge >= 0.3 is 6.18 Å². The topological polar surface area (TPSA) is 56.7 Å². The summed E-state index contributed by atoms with van der Waals surface area (Å²) in [6.45, 7) is 0. The zero-order valence-electron chi connectivity index (χ0n) is 8.24. The minimum absolute atomic E-state index is 0.103. The molecule has 0 fully saturated rings. The molecular weight excluding hydrogens is 257 g/mol. The van der Waals surface area contributed by atoms with Crippen LogP contribution >= 0.6 is 11.6 Å². The second-order valence-corrected chi connectivity index (χ2v) is 3.61. The number of aromatic nitrogens is 3. The van der Waals surface area contributed by atoms with E-state index in [9.17, 15) is 13.2 Å². The van der Waals surface area contributed by atoms with Crippen molar-refractivity contribution in [1.82, 2.24) is 14.8 Å². The Labute approximate surface area is 98.8 Å². The molecule has 0 saturated carbocycles. The summed E-state index contributed by atoms with van der Waals surface area (Å²) >= 11 is 5.67. The quantitative estimate of drug-likeness (QED) is 0.859. The Hall–Kier alpha value is -1.76. The number of nitrogen functional groups attached to an aromatic ring is 1. The van der Waals surface area contributed by atoms with Gasteiger partial charge in [0.2, 0.25) is 0 Å².